The fourth-order valence-electron chi connectivity index (χ4n) is 1.63. The van der Waals surface area contributed by atoms with E-state index in [9.17, 15) is 9.59 Å². The molecular weight excluding hydrogens is 222 g/mol. The molecule has 1 unspecified atom stereocenters. The first-order valence-electron chi connectivity index (χ1n) is 5.24. The number of fused-ring (bicyclic) bond motifs is 1. The standard InChI is InChI=1S/C12H13NO2S/c1-3-10-12(15)13-9-5-4-8(7(2)14)6-11(9)16-10/h4-6,10H,3H2,1-2H3,(H,13,15). The Morgan fingerprint density at radius 1 is 1.50 bits per heavy atom. The van der Waals surface area contributed by atoms with E-state index in [-0.39, 0.29) is 16.9 Å². The van der Waals surface area contributed by atoms with Gasteiger partial charge in [0, 0.05) is 10.5 Å². The third kappa shape index (κ3) is 1.97. The van der Waals surface area contributed by atoms with Crippen LogP contribution in [-0.4, -0.2) is 16.9 Å². The highest BCUT2D eigenvalue weighted by Gasteiger charge is 2.25. The largest absolute Gasteiger partial charge is 0.324 e. The van der Waals surface area contributed by atoms with Crippen molar-refractivity contribution in [1.82, 2.24) is 0 Å². The quantitative estimate of drug-likeness (QED) is 0.802. The fraction of sp³-hybridized carbons (Fsp3) is 0.333. The lowest BCUT2D eigenvalue weighted by Gasteiger charge is -2.23. The van der Waals surface area contributed by atoms with Gasteiger partial charge in [0.1, 0.15) is 0 Å². The molecule has 84 valence electrons. The van der Waals surface area contributed by atoms with Crippen LogP contribution in [0.4, 0.5) is 5.69 Å². The Hall–Kier alpha value is -1.29. The van der Waals surface area contributed by atoms with Crippen LogP contribution in [0, 0.1) is 0 Å². The summed E-state index contributed by atoms with van der Waals surface area (Å²) >= 11 is 1.53. The van der Waals surface area contributed by atoms with E-state index in [0.29, 0.717) is 5.56 Å². The van der Waals surface area contributed by atoms with Gasteiger partial charge in [0.25, 0.3) is 0 Å². The number of ketones is 1. The van der Waals surface area contributed by atoms with Gasteiger partial charge in [-0.15, -0.1) is 11.8 Å². The number of anilines is 1. The number of benzene rings is 1. The van der Waals surface area contributed by atoms with Crippen molar-refractivity contribution in [3.63, 3.8) is 0 Å². The van der Waals surface area contributed by atoms with Gasteiger partial charge in [-0.1, -0.05) is 6.92 Å². The first kappa shape index (κ1) is 11.2. The summed E-state index contributed by atoms with van der Waals surface area (Å²) in [5.41, 5.74) is 1.50. The minimum atomic E-state index is -0.0466. The molecule has 0 spiro atoms. The van der Waals surface area contributed by atoms with Crippen molar-refractivity contribution in [3.8, 4) is 0 Å². The number of thioether (sulfide) groups is 1. The van der Waals surface area contributed by atoms with Crippen LogP contribution in [0.25, 0.3) is 0 Å². The maximum absolute atomic E-state index is 11.6. The van der Waals surface area contributed by atoms with Gasteiger partial charge in [-0.2, -0.15) is 0 Å². The van der Waals surface area contributed by atoms with Crippen LogP contribution in [0.2, 0.25) is 0 Å². The summed E-state index contributed by atoms with van der Waals surface area (Å²) in [4.78, 5) is 23.8. The molecule has 1 aliphatic rings. The highest BCUT2D eigenvalue weighted by Crippen LogP contribution is 2.37. The second-order valence-corrected chi connectivity index (χ2v) is 5.02. The molecule has 3 nitrogen and oxygen atoms in total. The van der Waals surface area contributed by atoms with E-state index in [1.54, 1.807) is 19.1 Å². The zero-order valence-corrected chi connectivity index (χ0v) is 10.1. The van der Waals surface area contributed by atoms with Gasteiger partial charge in [-0.05, 0) is 31.5 Å². The molecule has 1 aliphatic heterocycles. The maximum atomic E-state index is 11.6. The lowest BCUT2D eigenvalue weighted by Crippen LogP contribution is -2.28. The molecule has 16 heavy (non-hydrogen) atoms. The Balaban J connectivity index is 2.37. The zero-order chi connectivity index (χ0) is 11.7. The summed E-state index contributed by atoms with van der Waals surface area (Å²) in [5.74, 6) is 0.101. The Labute approximate surface area is 98.6 Å². The van der Waals surface area contributed by atoms with Crippen LogP contribution in [0.1, 0.15) is 30.6 Å². The molecule has 1 heterocycles. The first-order chi connectivity index (χ1) is 7.61. The molecule has 0 saturated heterocycles. The van der Waals surface area contributed by atoms with Crippen molar-refractivity contribution in [2.75, 3.05) is 5.32 Å². The monoisotopic (exact) mass is 235 g/mol. The van der Waals surface area contributed by atoms with E-state index in [4.69, 9.17) is 0 Å². The van der Waals surface area contributed by atoms with Gasteiger partial charge in [0.15, 0.2) is 5.78 Å². The van der Waals surface area contributed by atoms with Crippen molar-refractivity contribution in [3.05, 3.63) is 23.8 Å². The van der Waals surface area contributed by atoms with Crippen molar-refractivity contribution in [1.29, 1.82) is 0 Å². The minimum absolute atomic E-state index is 0.0466. The number of nitrogens with one attached hydrogen (secondary N) is 1. The van der Waals surface area contributed by atoms with E-state index in [0.717, 1.165) is 17.0 Å². The number of rotatable bonds is 2. The van der Waals surface area contributed by atoms with Gasteiger partial charge in [-0.3, -0.25) is 9.59 Å². The predicted octanol–water partition coefficient (Wildman–Crippen LogP) is 2.71. The molecule has 1 amide bonds. The lowest BCUT2D eigenvalue weighted by molar-refractivity contribution is -0.115. The van der Waals surface area contributed by atoms with E-state index < -0.39 is 0 Å². The maximum Gasteiger partial charge on any atom is 0.237 e. The first-order valence-corrected chi connectivity index (χ1v) is 6.12. The number of hydrogen-bond donors (Lipinski definition) is 1. The van der Waals surface area contributed by atoms with Crippen LogP contribution < -0.4 is 5.32 Å². The third-order valence-corrected chi connectivity index (χ3v) is 4.00. The minimum Gasteiger partial charge on any atom is -0.324 e. The number of Topliss-reactive ketones (excluding diaryl/α,β-unsaturated/α-hetero) is 1. The molecule has 1 aromatic carbocycles. The summed E-state index contributed by atoms with van der Waals surface area (Å²) in [7, 11) is 0. The molecule has 0 fully saturated rings. The molecule has 1 aromatic rings. The number of amides is 1. The molecule has 0 radical (unpaired) electrons. The highest BCUT2D eigenvalue weighted by atomic mass is 32.2. The van der Waals surface area contributed by atoms with Crippen LogP contribution in [0.3, 0.4) is 0 Å². The highest BCUT2D eigenvalue weighted by molar-refractivity contribution is 8.01. The van der Waals surface area contributed by atoms with Gasteiger partial charge in [-0.25, -0.2) is 0 Å². The van der Waals surface area contributed by atoms with Gasteiger partial charge in [0.2, 0.25) is 5.91 Å². The van der Waals surface area contributed by atoms with E-state index in [1.165, 1.54) is 11.8 Å². The van der Waals surface area contributed by atoms with E-state index >= 15 is 0 Å². The molecule has 1 N–H and O–H groups in total. The molecule has 2 rings (SSSR count). The summed E-state index contributed by atoms with van der Waals surface area (Å²) < 4.78 is 0. The van der Waals surface area contributed by atoms with Crippen molar-refractivity contribution < 1.29 is 9.59 Å². The summed E-state index contributed by atoms with van der Waals surface area (Å²) in [5, 5.41) is 2.81. The van der Waals surface area contributed by atoms with Gasteiger partial charge < -0.3 is 5.32 Å². The Morgan fingerprint density at radius 3 is 2.88 bits per heavy atom. The molecule has 4 heteroatoms. The molecular formula is C12H13NO2S. The Morgan fingerprint density at radius 2 is 2.25 bits per heavy atom. The zero-order valence-electron chi connectivity index (χ0n) is 9.24. The molecule has 0 bridgehead atoms. The average molecular weight is 235 g/mol. The summed E-state index contributed by atoms with van der Waals surface area (Å²) in [6, 6.07) is 5.39. The number of hydrogen-bond acceptors (Lipinski definition) is 3. The van der Waals surface area contributed by atoms with Crippen molar-refractivity contribution in [2.24, 2.45) is 0 Å². The van der Waals surface area contributed by atoms with Crippen LogP contribution in [0.15, 0.2) is 23.1 Å². The van der Waals surface area contributed by atoms with Gasteiger partial charge in [0.05, 0.1) is 10.9 Å². The fourth-order valence-corrected chi connectivity index (χ4v) is 2.71. The summed E-state index contributed by atoms with van der Waals surface area (Å²) in [6.45, 7) is 3.53. The predicted molar refractivity (Wildman–Crippen MR) is 65.0 cm³/mol. The second-order valence-electron chi connectivity index (χ2n) is 3.77. The molecule has 1 atom stereocenters. The van der Waals surface area contributed by atoms with Crippen LogP contribution in [-0.2, 0) is 4.79 Å². The SMILES string of the molecule is CCC1Sc2cc(C(C)=O)ccc2NC1=O. The van der Waals surface area contributed by atoms with Crippen molar-refractivity contribution in [2.45, 2.75) is 30.4 Å². The third-order valence-electron chi connectivity index (χ3n) is 2.58. The number of carbonyl (C=O) groups excluding carboxylic acids is 2. The van der Waals surface area contributed by atoms with E-state index in [1.807, 2.05) is 13.0 Å². The second kappa shape index (κ2) is 4.29. The van der Waals surface area contributed by atoms with Crippen molar-refractivity contribution >= 4 is 29.1 Å². The molecule has 0 aromatic heterocycles. The Kier molecular flexibility index (Phi) is 3.01. The summed E-state index contributed by atoms with van der Waals surface area (Å²) in [6.07, 6.45) is 0.792. The molecule has 0 aliphatic carbocycles. The lowest BCUT2D eigenvalue weighted by atomic mass is 10.1. The van der Waals surface area contributed by atoms with E-state index in [2.05, 4.69) is 5.32 Å². The number of carbonyl (C=O) groups is 2. The normalized spacial score (nSPS) is 18.9. The smallest absolute Gasteiger partial charge is 0.237 e. The average Bonchev–Trinajstić information content (AvgIpc) is 2.27. The topological polar surface area (TPSA) is 46.2 Å². The molecule has 0 saturated carbocycles. The van der Waals surface area contributed by atoms with Crippen LogP contribution >= 0.6 is 11.8 Å². The van der Waals surface area contributed by atoms with Gasteiger partial charge >= 0.3 is 0 Å². The Bertz CT molecular complexity index is 456. The van der Waals surface area contributed by atoms with Crippen LogP contribution in [0.5, 0.6) is 0 Å².